The SMILES string of the molecule is CCn1ncc2c(NC3CCOCC3)c(CN)c(C#N)nc21. The molecule has 7 heteroatoms. The van der Waals surface area contributed by atoms with E-state index in [1.54, 1.807) is 10.9 Å². The molecule has 0 bridgehead atoms. The summed E-state index contributed by atoms with van der Waals surface area (Å²) in [4.78, 5) is 4.44. The molecule has 3 rings (SSSR count). The van der Waals surface area contributed by atoms with Gasteiger partial charge in [0.2, 0.25) is 0 Å². The van der Waals surface area contributed by atoms with Crippen LogP contribution in [0.15, 0.2) is 6.20 Å². The molecular weight excluding hydrogens is 280 g/mol. The first kappa shape index (κ1) is 14.8. The van der Waals surface area contributed by atoms with Crippen LogP contribution in [0.1, 0.15) is 31.0 Å². The molecule has 1 aliphatic rings. The quantitative estimate of drug-likeness (QED) is 0.884. The number of fused-ring (bicyclic) bond motifs is 1. The zero-order valence-corrected chi connectivity index (χ0v) is 12.7. The standard InChI is InChI=1S/C15H20N6O/c1-2-21-15-12(9-18-21)14(11(7-16)13(8-17)20-15)19-10-3-5-22-6-4-10/h9-10H,2-7,16H2,1H3,(H,19,20). The third-order valence-corrected chi connectivity index (χ3v) is 4.07. The van der Waals surface area contributed by atoms with Crippen molar-refractivity contribution in [2.45, 2.75) is 38.9 Å². The Morgan fingerprint density at radius 3 is 2.91 bits per heavy atom. The minimum absolute atomic E-state index is 0.273. The molecule has 22 heavy (non-hydrogen) atoms. The Morgan fingerprint density at radius 1 is 1.50 bits per heavy atom. The van der Waals surface area contributed by atoms with Gasteiger partial charge in [0.05, 0.1) is 17.3 Å². The highest BCUT2D eigenvalue weighted by Gasteiger charge is 2.21. The molecule has 116 valence electrons. The number of hydrogen-bond acceptors (Lipinski definition) is 6. The summed E-state index contributed by atoms with van der Waals surface area (Å²) < 4.78 is 7.20. The molecule has 7 nitrogen and oxygen atoms in total. The normalized spacial score (nSPS) is 15.9. The fraction of sp³-hybridized carbons (Fsp3) is 0.533. The Hall–Kier alpha value is -2.17. The van der Waals surface area contributed by atoms with Gasteiger partial charge in [-0.15, -0.1) is 0 Å². The Labute approximate surface area is 129 Å². The first-order chi connectivity index (χ1) is 10.8. The summed E-state index contributed by atoms with van der Waals surface area (Å²) in [6.07, 6.45) is 3.68. The molecule has 1 aliphatic heterocycles. The molecule has 0 unspecified atom stereocenters. The number of aromatic nitrogens is 3. The average molecular weight is 300 g/mol. The van der Waals surface area contributed by atoms with E-state index in [-0.39, 0.29) is 6.54 Å². The summed E-state index contributed by atoms with van der Waals surface area (Å²) in [6.45, 7) is 4.49. The average Bonchev–Trinajstić information content (AvgIpc) is 2.98. The van der Waals surface area contributed by atoms with Crippen LogP contribution in [0.2, 0.25) is 0 Å². The zero-order valence-electron chi connectivity index (χ0n) is 12.7. The van der Waals surface area contributed by atoms with Crippen molar-refractivity contribution < 1.29 is 4.74 Å². The number of rotatable bonds is 4. The van der Waals surface area contributed by atoms with Gasteiger partial charge in [0.25, 0.3) is 0 Å². The monoisotopic (exact) mass is 300 g/mol. The van der Waals surface area contributed by atoms with E-state index in [2.05, 4.69) is 21.5 Å². The molecule has 0 radical (unpaired) electrons. The number of nitrogens with two attached hydrogens (primary N) is 1. The second kappa shape index (κ2) is 6.30. The summed E-state index contributed by atoms with van der Waals surface area (Å²) in [5.74, 6) is 0. The van der Waals surface area contributed by atoms with Crippen LogP contribution < -0.4 is 11.1 Å². The second-order valence-corrected chi connectivity index (χ2v) is 5.36. The molecule has 2 aromatic rings. The lowest BCUT2D eigenvalue weighted by Gasteiger charge is -2.25. The van der Waals surface area contributed by atoms with Crippen LogP contribution in [-0.4, -0.2) is 34.0 Å². The topological polar surface area (TPSA) is 102 Å². The van der Waals surface area contributed by atoms with Gasteiger partial charge in [0, 0.05) is 37.9 Å². The molecule has 1 saturated heterocycles. The van der Waals surface area contributed by atoms with Gasteiger partial charge in [-0.2, -0.15) is 10.4 Å². The maximum atomic E-state index is 9.39. The number of nitrogens with zero attached hydrogens (tertiary/aromatic N) is 4. The van der Waals surface area contributed by atoms with Crippen molar-refractivity contribution in [2.24, 2.45) is 5.73 Å². The molecule has 2 aromatic heterocycles. The summed E-state index contributed by atoms with van der Waals surface area (Å²) in [5, 5.41) is 18.2. The van der Waals surface area contributed by atoms with Crippen molar-refractivity contribution in [1.29, 1.82) is 5.26 Å². The lowest BCUT2D eigenvalue weighted by molar-refractivity contribution is 0.0904. The van der Waals surface area contributed by atoms with E-state index in [4.69, 9.17) is 10.5 Å². The molecule has 0 spiro atoms. The van der Waals surface area contributed by atoms with E-state index in [9.17, 15) is 5.26 Å². The molecule has 0 saturated carbocycles. The van der Waals surface area contributed by atoms with Crippen LogP contribution in [0.25, 0.3) is 11.0 Å². The van der Waals surface area contributed by atoms with Crippen molar-refractivity contribution in [3.63, 3.8) is 0 Å². The Bertz CT molecular complexity index is 711. The molecule has 3 N–H and O–H groups in total. The van der Waals surface area contributed by atoms with E-state index < -0.39 is 0 Å². The van der Waals surface area contributed by atoms with E-state index in [0.717, 1.165) is 48.3 Å². The number of pyridine rings is 1. The highest BCUT2D eigenvalue weighted by atomic mass is 16.5. The third-order valence-electron chi connectivity index (χ3n) is 4.07. The van der Waals surface area contributed by atoms with E-state index in [1.807, 2.05) is 6.92 Å². The number of aryl methyl sites for hydroxylation is 1. The summed E-state index contributed by atoms with van der Waals surface area (Å²) in [7, 11) is 0. The van der Waals surface area contributed by atoms with Crippen molar-refractivity contribution in [1.82, 2.24) is 14.8 Å². The van der Waals surface area contributed by atoms with Crippen molar-refractivity contribution in [3.8, 4) is 6.07 Å². The van der Waals surface area contributed by atoms with Crippen LogP contribution in [0.5, 0.6) is 0 Å². The van der Waals surface area contributed by atoms with Gasteiger partial charge in [-0.3, -0.25) is 0 Å². The predicted molar refractivity (Wildman–Crippen MR) is 83.3 cm³/mol. The smallest absolute Gasteiger partial charge is 0.161 e. The van der Waals surface area contributed by atoms with Gasteiger partial charge in [-0.1, -0.05) is 0 Å². The Balaban J connectivity index is 2.11. The number of anilines is 1. The van der Waals surface area contributed by atoms with E-state index in [1.165, 1.54) is 0 Å². The van der Waals surface area contributed by atoms with E-state index >= 15 is 0 Å². The van der Waals surface area contributed by atoms with Gasteiger partial charge in [-0.25, -0.2) is 9.67 Å². The van der Waals surface area contributed by atoms with E-state index in [0.29, 0.717) is 18.3 Å². The van der Waals surface area contributed by atoms with Gasteiger partial charge >= 0.3 is 0 Å². The summed E-state index contributed by atoms with van der Waals surface area (Å²) >= 11 is 0. The maximum absolute atomic E-state index is 9.39. The highest BCUT2D eigenvalue weighted by Crippen LogP contribution is 2.30. The number of hydrogen-bond donors (Lipinski definition) is 2. The van der Waals surface area contributed by atoms with Crippen molar-refractivity contribution >= 4 is 16.7 Å². The number of ether oxygens (including phenoxy) is 1. The summed E-state index contributed by atoms with van der Waals surface area (Å²) in [6, 6.07) is 2.48. The Morgan fingerprint density at radius 2 is 2.27 bits per heavy atom. The molecule has 0 atom stereocenters. The first-order valence-electron chi connectivity index (χ1n) is 7.61. The zero-order chi connectivity index (χ0) is 15.5. The highest BCUT2D eigenvalue weighted by molar-refractivity contribution is 5.92. The van der Waals surface area contributed by atoms with Crippen molar-refractivity contribution in [3.05, 3.63) is 17.5 Å². The van der Waals surface area contributed by atoms with Gasteiger partial charge < -0.3 is 15.8 Å². The van der Waals surface area contributed by atoms with Crippen LogP contribution in [0.4, 0.5) is 5.69 Å². The molecule has 0 aromatic carbocycles. The van der Waals surface area contributed by atoms with Crippen LogP contribution in [0, 0.1) is 11.3 Å². The minimum Gasteiger partial charge on any atom is -0.381 e. The van der Waals surface area contributed by atoms with Gasteiger partial charge in [0.15, 0.2) is 5.65 Å². The fourth-order valence-corrected chi connectivity index (χ4v) is 2.86. The molecule has 0 amide bonds. The van der Waals surface area contributed by atoms with Crippen LogP contribution in [-0.2, 0) is 17.8 Å². The summed E-state index contributed by atoms with van der Waals surface area (Å²) in [5.41, 5.74) is 8.64. The Kier molecular flexibility index (Phi) is 4.22. The fourth-order valence-electron chi connectivity index (χ4n) is 2.86. The maximum Gasteiger partial charge on any atom is 0.161 e. The predicted octanol–water partition coefficient (Wildman–Crippen LogP) is 1.37. The first-order valence-corrected chi connectivity index (χ1v) is 7.61. The molecule has 1 fully saturated rings. The second-order valence-electron chi connectivity index (χ2n) is 5.36. The lowest BCUT2D eigenvalue weighted by Crippen LogP contribution is -2.28. The van der Waals surface area contributed by atoms with Gasteiger partial charge in [0.1, 0.15) is 11.8 Å². The van der Waals surface area contributed by atoms with Crippen LogP contribution in [0.3, 0.4) is 0 Å². The molecule has 3 heterocycles. The number of nitrogens with one attached hydrogen (secondary N) is 1. The third kappa shape index (κ3) is 2.51. The lowest BCUT2D eigenvalue weighted by atomic mass is 10.0. The largest absolute Gasteiger partial charge is 0.381 e. The minimum atomic E-state index is 0.273. The number of nitriles is 1. The molecule has 0 aliphatic carbocycles. The van der Waals surface area contributed by atoms with Gasteiger partial charge in [-0.05, 0) is 19.8 Å². The van der Waals surface area contributed by atoms with Crippen molar-refractivity contribution in [2.75, 3.05) is 18.5 Å². The molecular formula is C15H20N6O. The van der Waals surface area contributed by atoms with Crippen LogP contribution >= 0.6 is 0 Å².